The van der Waals surface area contributed by atoms with Crippen molar-refractivity contribution in [2.45, 2.75) is 112 Å². The van der Waals surface area contributed by atoms with Gasteiger partial charge in [-0.3, -0.25) is 28.8 Å². The minimum absolute atomic E-state index is 0.193. The Morgan fingerprint density at radius 3 is 1.14 bits per heavy atom. The number of methoxy groups -OCH3 is 2. The Kier molecular flexibility index (Phi) is 29.2. The number of hydrogen-bond donors (Lipinski definition) is 14. The number of carbonyl (C=O) groups is 8. The summed E-state index contributed by atoms with van der Waals surface area (Å²) in [4.78, 5) is 102. The van der Waals surface area contributed by atoms with Gasteiger partial charge in [0.2, 0.25) is 11.8 Å². The summed E-state index contributed by atoms with van der Waals surface area (Å²) >= 11 is 2.83. The average molecular weight is 1400 g/mol. The lowest BCUT2D eigenvalue weighted by Gasteiger charge is -2.46. The van der Waals surface area contributed by atoms with Crippen LogP contribution in [0.2, 0.25) is 0 Å². The minimum Gasteiger partial charge on any atom is -0.496 e. The highest BCUT2D eigenvalue weighted by Crippen LogP contribution is 2.37. The first-order chi connectivity index (χ1) is 46.9. The van der Waals surface area contributed by atoms with Crippen LogP contribution in [0.3, 0.4) is 0 Å². The topological polar surface area (TPSA) is 426 Å². The molecule has 0 saturated carbocycles. The van der Waals surface area contributed by atoms with E-state index in [-0.39, 0.29) is 50.3 Å². The Labute approximate surface area is 573 Å². The van der Waals surface area contributed by atoms with E-state index in [2.05, 4.69) is 31.9 Å². The first kappa shape index (κ1) is 77.1. The van der Waals surface area contributed by atoms with Gasteiger partial charge in [0, 0.05) is 97.8 Å². The van der Waals surface area contributed by atoms with Crippen LogP contribution < -0.4 is 41.4 Å². The van der Waals surface area contributed by atoms with E-state index in [1.54, 1.807) is 74.9 Å². The molecule has 2 heterocycles. The van der Waals surface area contributed by atoms with E-state index in [9.17, 15) is 79.2 Å². The van der Waals surface area contributed by atoms with Crippen LogP contribution in [0.5, 0.6) is 11.5 Å². The third kappa shape index (κ3) is 20.9. The quantitative estimate of drug-likeness (QED) is 0.0255. The van der Waals surface area contributed by atoms with Gasteiger partial charge in [-0.25, -0.2) is 9.59 Å². The fourth-order valence-electron chi connectivity index (χ4n) is 11.0. The van der Waals surface area contributed by atoms with Gasteiger partial charge in [-0.1, -0.05) is 60.7 Å². The van der Waals surface area contributed by atoms with Gasteiger partial charge in [0.05, 0.1) is 63.9 Å². The SMILES string of the molecule is COc1ccccc1-c1ccc(C(=O)NC[C@@H](O)C(O)[C@@H]2O[C@@](OCCCSCCNC(=O)c3ccc(C(=O)NCCSCCCO[C@]4(C(=O)O)C[C@H](O)[C@@H](NC(C)=O)[C@H](C(O)[C@H](O)CNC(=O)c5ccc(-c6ccccc6OC)cc5)O4)cc3)(C(=O)O)C[C@H](O)[C@H]2NC(C)=O)cc1. The number of carboxylic acid groups (broad SMARTS) is 2. The lowest BCUT2D eigenvalue weighted by Crippen LogP contribution is -2.68. The van der Waals surface area contributed by atoms with E-state index in [1.165, 1.54) is 47.8 Å². The molecule has 2 aliphatic heterocycles. The molecule has 2 unspecified atom stereocenters. The third-order valence-corrected chi connectivity index (χ3v) is 18.2. The molecular weight excluding hydrogens is 1320 g/mol. The highest BCUT2D eigenvalue weighted by molar-refractivity contribution is 7.99. The van der Waals surface area contributed by atoms with Crippen LogP contribution in [0.25, 0.3) is 22.3 Å². The number of rotatable bonds is 36. The normalized spacial score (nSPS) is 21.8. The summed E-state index contributed by atoms with van der Waals surface area (Å²) in [5.74, 6) is -8.52. The molecule has 530 valence electrons. The third-order valence-electron chi connectivity index (χ3n) is 16.1. The highest BCUT2D eigenvalue weighted by Gasteiger charge is 2.57. The average Bonchev–Trinajstić information content (AvgIpc) is 0.770. The van der Waals surface area contributed by atoms with Gasteiger partial charge < -0.3 is 101 Å². The lowest BCUT2D eigenvalue weighted by atomic mass is 9.88. The number of carboxylic acids is 2. The molecule has 7 rings (SSSR count). The van der Waals surface area contributed by atoms with Gasteiger partial charge >= 0.3 is 11.9 Å². The van der Waals surface area contributed by atoms with Crippen molar-refractivity contribution in [3.8, 4) is 33.8 Å². The smallest absolute Gasteiger partial charge is 0.364 e. The van der Waals surface area contributed by atoms with Crippen LogP contribution in [0.4, 0.5) is 0 Å². The van der Waals surface area contributed by atoms with Gasteiger partial charge in [0.15, 0.2) is 0 Å². The first-order valence-corrected chi connectivity index (χ1v) is 33.8. The van der Waals surface area contributed by atoms with Crippen LogP contribution in [-0.4, -0.2) is 237 Å². The Hall–Kier alpha value is -8.24. The van der Waals surface area contributed by atoms with Crippen LogP contribution in [0, 0.1) is 0 Å². The number of carbonyl (C=O) groups excluding carboxylic acids is 6. The van der Waals surface area contributed by atoms with E-state index < -0.39 is 146 Å². The number of ether oxygens (including phenoxy) is 6. The van der Waals surface area contributed by atoms with Crippen molar-refractivity contribution >= 4 is 70.9 Å². The molecule has 28 nitrogen and oxygen atoms in total. The van der Waals surface area contributed by atoms with Crippen molar-refractivity contribution in [2.24, 2.45) is 0 Å². The molecule has 12 atom stereocenters. The van der Waals surface area contributed by atoms with E-state index in [0.717, 1.165) is 36.1 Å². The monoisotopic (exact) mass is 1400 g/mol. The van der Waals surface area contributed by atoms with Gasteiger partial charge in [0.1, 0.15) is 35.9 Å². The van der Waals surface area contributed by atoms with E-state index in [0.29, 0.717) is 45.6 Å². The van der Waals surface area contributed by atoms with Crippen molar-refractivity contribution in [1.82, 2.24) is 31.9 Å². The molecule has 30 heteroatoms. The second kappa shape index (κ2) is 37.1. The van der Waals surface area contributed by atoms with Crippen molar-refractivity contribution in [3.05, 3.63) is 144 Å². The van der Waals surface area contributed by atoms with Crippen LogP contribution in [0.15, 0.2) is 121 Å². The second-order valence-corrected chi connectivity index (χ2v) is 25.5. The number of aliphatic hydroxyl groups is 6. The number of amides is 6. The fourth-order valence-corrected chi connectivity index (χ4v) is 12.5. The van der Waals surface area contributed by atoms with Gasteiger partial charge in [0.25, 0.3) is 35.2 Å². The van der Waals surface area contributed by atoms with Gasteiger partial charge in [-0.2, -0.15) is 23.5 Å². The highest BCUT2D eigenvalue weighted by atomic mass is 32.2. The number of hydrogen-bond acceptors (Lipinski definition) is 22. The Morgan fingerprint density at radius 2 is 0.816 bits per heavy atom. The summed E-state index contributed by atoms with van der Waals surface area (Å²) in [6, 6.07) is 31.0. The zero-order valence-corrected chi connectivity index (χ0v) is 56.0. The minimum atomic E-state index is -2.50. The largest absolute Gasteiger partial charge is 0.496 e. The predicted molar refractivity (Wildman–Crippen MR) is 359 cm³/mol. The maximum atomic E-state index is 13.1. The first-order valence-electron chi connectivity index (χ1n) is 31.5. The number of benzene rings is 5. The van der Waals surface area contributed by atoms with Crippen LogP contribution >= 0.6 is 23.5 Å². The lowest BCUT2D eigenvalue weighted by molar-refractivity contribution is -0.310. The number of thioether (sulfide) groups is 2. The van der Waals surface area contributed by atoms with Crippen LogP contribution in [0.1, 0.15) is 81.0 Å². The van der Waals surface area contributed by atoms with Crippen molar-refractivity contribution in [2.75, 3.05) is 76.6 Å². The molecule has 0 spiro atoms. The Morgan fingerprint density at radius 1 is 0.490 bits per heavy atom. The van der Waals surface area contributed by atoms with E-state index in [1.807, 2.05) is 36.4 Å². The van der Waals surface area contributed by atoms with Crippen molar-refractivity contribution < 1.29 is 108 Å². The van der Waals surface area contributed by atoms with Crippen molar-refractivity contribution in [3.63, 3.8) is 0 Å². The molecule has 0 radical (unpaired) electrons. The number of aliphatic carboxylic acids is 2. The summed E-state index contributed by atoms with van der Waals surface area (Å²) in [6.45, 7) is 1.33. The molecule has 14 N–H and O–H groups in total. The molecule has 6 amide bonds. The second-order valence-electron chi connectivity index (χ2n) is 23.1. The summed E-state index contributed by atoms with van der Waals surface area (Å²) in [6.07, 6.45) is -14.9. The summed E-state index contributed by atoms with van der Waals surface area (Å²) < 4.78 is 34.0. The van der Waals surface area contributed by atoms with Crippen LogP contribution in [-0.2, 0) is 38.1 Å². The molecule has 2 fully saturated rings. The van der Waals surface area contributed by atoms with Gasteiger partial charge in [-0.05, 0) is 96.1 Å². The standard InChI is InChI=1S/C68H84N6O22S2/c1-39(75)73-55-49(77)35-67(65(87)88,95-59(55)57(81)51(79)37-71-63(85)45-19-15-41(16-20-45)47-11-5-7-13-53(47)91-3)93-29-9-31-97-33-27-69-61(83)43-23-25-44(26-24-43)62(84)70-28-34-98-32-10-30-94-68(66(89)90)36-50(78)56(74-40(2)76)60(96-68)58(82)52(80)38-72-64(86)46-21-17-42(18-22-46)48-12-6-8-14-54(48)92-4/h5-8,11-26,49-52,55-60,77-82H,9-10,27-38H2,1-4H3,(H,69,83)(H,70,84)(H,71,85)(H,72,86)(H,73,75)(H,74,76)(H,87,88)(H,89,90)/t49-,50-,51+,52+,55+,56+,57?,58?,59+,60+,67+,68+/m0/s1. The molecule has 2 saturated heterocycles. The molecule has 0 aromatic heterocycles. The summed E-state index contributed by atoms with van der Waals surface area (Å²) in [5, 5.41) is 103. The number of nitrogens with one attached hydrogen (secondary N) is 6. The number of aliphatic hydroxyl groups excluding tert-OH is 6. The van der Waals surface area contributed by atoms with E-state index >= 15 is 0 Å². The molecule has 2 aliphatic rings. The Bertz CT molecular complexity index is 3280. The van der Waals surface area contributed by atoms with Gasteiger partial charge in [-0.15, -0.1) is 0 Å². The fraction of sp³-hybridized carbons (Fsp3) is 0.441. The molecule has 0 aliphatic carbocycles. The number of para-hydroxylation sites is 2. The molecule has 5 aromatic rings. The molecule has 5 aromatic carbocycles. The summed E-state index contributed by atoms with van der Waals surface area (Å²) in [7, 11) is 3.09. The Balaban J connectivity index is 0.778. The maximum Gasteiger partial charge on any atom is 0.364 e. The maximum absolute atomic E-state index is 13.1. The zero-order chi connectivity index (χ0) is 71.1. The summed E-state index contributed by atoms with van der Waals surface area (Å²) in [5.41, 5.74) is 4.21. The molecular formula is C68H84N6O22S2. The van der Waals surface area contributed by atoms with E-state index in [4.69, 9.17) is 28.4 Å². The molecule has 0 bridgehead atoms. The zero-order valence-electron chi connectivity index (χ0n) is 54.3. The molecule has 98 heavy (non-hydrogen) atoms. The predicted octanol–water partition coefficient (Wildman–Crippen LogP) is 1.95. The van der Waals surface area contributed by atoms with Crippen molar-refractivity contribution in [1.29, 1.82) is 0 Å².